The average Bonchev–Trinajstić information content (AvgIpc) is 2.62. The first kappa shape index (κ1) is 16.1. The Labute approximate surface area is 142 Å². The van der Waals surface area contributed by atoms with Crippen molar-refractivity contribution in [1.29, 1.82) is 0 Å². The SMILES string of the molecule is COc1ccc(N2CCN(C(C)c3ccccn3)CC2)cc1Cl. The zero-order valence-corrected chi connectivity index (χ0v) is 14.3. The van der Waals surface area contributed by atoms with E-state index in [1.165, 1.54) is 0 Å². The molecule has 0 aliphatic carbocycles. The predicted molar refractivity (Wildman–Crippen MR) is 94.4 cm³/mol. The highest BCUT2D eigenvalue weighted by Crippen LogP contribution is 2.30. The summed E-state index contributed by atoms with van der Waals surface area (Å²) in [6.07, 6.45) is 1.86. The van der Waals surface area contributed by atoms with Crippen LogP contribution in [-0.4, -0.2) is 43.2 Å². The molecule has 4 nitrogen and oxygen atoms in total. The molecule has 0 spiro atoms. The van der Waals surface area contributed by atoms with Crippen molar-refractivity contribution in [3.8, 4) is 5.75 Å². The first-order valence-electron chi connectivity index (χ1n) is 7.92. The maximum Gasteiger partial charge on any atom is 0.137 e. The zero-order valence-electron chi connectivity index (χ0n) is 13.6. The Hall–Kier alpha value is -1.78. The zero-order chi connectivity index (χ0) is 16.2. The van der Waals surface area contributed by atoms with Crippen LogP contribution in [-0.2, 0) is 0 Å². The lowest BCUT2D eigenvalue weighted by molar-refractivity contribution is 0.195. The highest BCUT2D eigenvalue weighted by atomic mass is 35.5. The Balaban J connectivity index is 1.63. The Bertz CT molecular complexity index is 642. The second kappa shape index (κ2) is 7.20. The van der Waals surface area contributed by atoms with E-state index in [1.54, 1.807) is 7.11 Å². The van der Waals surface area contributed by atoms with E-state index in [0.717, 1.165) is 43.3 Å². The quantitative estimate of drug-likeness (QED) is 0.855. The molecule has 0 N–H and O–H groups in total. The molecule has 23 heavy (non-hydrogen) atoms. The standard InChI is InChI=1S/C18H22ClN3O/c1-14(17-5-3-4-8-20-17)21-9-11-22(12-10-21)15-6-7-18(23-2)16(19)13-15/h3-8,13-14H,9-12H2,1-2H3. The molecule has 1 aromatic heterocycles. The number of ether oxygens (including phenoxy) is 1. The van der Waals surface area contributed by atoms with Crippen LogP contribution in [0.4, 0.5) is 5.69 Å². The average molecular weight is 332 g/mol. The van der Waals surface area contributed by atoms with Gasteiger partial charge in [0.15, 0.2) is 0 Å². The third-order valence-corrected chi connectivity index (χ3v) is 4.77. The molecule has 2 aromatic rings. The third kappa shape index (κ3) is 3.59. The van der Waals surface area contributed by atoms with Gasteiger partial charge in [0.05, 0.1) is 17.8 Å². The smallest absolute Gasteiger partial charge is 0.137 e. The van der Waals surface area contributed by atoms with Crippen LogP contribution < -0.4 is 9.64 Å². The van der Waals surface area contributed by atoms with Gasteiger partial charge in [-0.3, -0.25) is 9.88 Å². The van der Waals surface area contributed by atoms with Crippen LogP contribution in [0, 0.1) is 0 Å². The van der Waals surface area contributed by atoms with Gasteiger partial charge in [-0.2, -0.15) is 0 Å². The summed E-state index contributed by atoms with van der Waals surface area (Å²) in [4.78, 5) is 9.32. The Morgan fingerprint density at radius 3 is 2.52 bits per heavy atom. The monoisotopic (exact) mass is 331 g/mol. The minimum Gasteiger partial charge on any atom is -0.495 e. The number of hydrogen-bond donors (Lipinski definition) is 0. The van der Waals surface area contributed by atoms with Crippen LogP contribution in [0.25, 0.3) is 0 Å². The molecule has 0 amide bonds. The van der Waals surface area contributed by atoms with Crippen LogP contribution in [0.2, 0.25) is 5.02 Å². The van der Waals surface area contributed by atoms with Gasteiger partial charge in [-0.05, 0) is 37.3 Å². The van der Waals surface area contributed by atoms with Crippen LogP contribution >= 0.6 is 11.6 Å². The summed E-state index contributed by atoms with van der Waals surface area (Å²) in [5.74, 6) is 0.720. The van der Waals surface area contributed by atoms with E-state index < -0.39 is 0 Å². The van der Waals surface area contributed by atoms with Crippen molar-refractivity contribution in [3.05, 3.63) is 53.3 Å². The van der Waals surface area contributed by atoms with Gasteiger partial charge in [0.2, 0.25) is 0 Å². The molecule has 1 atom stereocenters. The number of rotatable bonds is 4. The first-order chi connectivity index (χ1) is 11.2. The molecule has 3 rings (SSSR count). The normalized spacial score (nSPS) is 17.1. The maximum atomic E-state index is 6.24. The molecule has 0 saturated carbocycles. The first-order valence-corrected chi connectivity index (χ1v) is 8.30. The minimum absolute atomic E-state index is 0.345. The van der Waals surface area contributed by atoms with Crippen molar-refractivity contribution in [1.82, 2.24) is 9.88 Å². The molecule has 0 bridgehead atoms. The molecule has 1 saturated heterocycles. The van der Waals surface area contributed by atoms with Crippen molar-refractivity contribution in [3.63, 3.8) is 0 Å². The molecular formula is C18H22ClN3O. The molecule has 1 fully saturated rings. The molecule has 1 unspecified atom stereocenters. The largest absolute Gasteiger partial charge is 0.495 e. The van der Waals surface area contributed by atoms with Crippen LogP contribution in [0.15, 0.2) is 42.6 Å². The number of piperazine rings is 1. The molecule has 2 heterocycles. The van der Waals surface area contributed by atoms with Gasteiger partial charge >= 0.3 is 0 Å². The van der Waals surface area contributed by atoms with Gasteiger partial charge in [-0.1, -0.05) is 17.7 Å². The van der Waals surface area contributed by atoms with E-state index in [0.29, 0.717) is 11.1 Å². The molecule has 1 aliphatic rings. The number of pyridine rings is 1. The summed E-state index contributed by atoms with van der Waals surface area (Å²) in [5.41, 5.74) is 2.29. The highest BCUT2D eigenvalue weighted by molar-refractivity contribution is 6.32. The summed E-state index contributed by atoms with van der Waals surface area (Å²) in [5, 5.41) is 0.661. The van der Waals surface area contributed by atoms with Crippen molar-refractivity contribution in [2.24, 2.45) is 0 Å². The molecular weight excluding hydrogens is 310 g/mol. The van der Waals surface area contributed by atoms with E-state index in [2.05, 4.69) is 39.9 Å². The predicted octanol–water partition coefficient (Wildman–Crippen LogP) is 3.63. The van der Waals surface area contributed by atoms with E-state index in [-0.39, 0.29) is 0 Å². The van der Waals surface area contributed by atoms with Crippen molar-refractivity contribution in [2.75, 3.05) is 38.2 Å². The number of benzene rings is 1. The topological polar surface area (TPSA) is 28.6 Å². The number of nitrogens with zero attached hydrogens (tertiary/aromatic N) is 3. The lowest BCUT2D eigenvalue weighted by Crippen LogP contribution is -2.47. The van der Waals surface area contributed by atoms with Gasteiger partial charge in [-0.25, -0.2) is 0 Å². The summed E-state index contributed by atoms with van der Waals surface area (Å²) < 4.78 is 5.22. The number of anilines is 1. The second-order valence-electron chi connectivity index (χ2n) is 5.77. The third-order valence-electron chi connectivity index (χ3n) is 4.48. The fraction of sp³-hybridized carbons (Fsp3) is 0.389. The second-order valence-corrected chi connectivity index (χ2v) is 6.18. The Morgan fingerprint density at radius 2 is 1.91 bits per heavy atom. The number of hydrogen-bond acceptors (Lipinski definition) is 4. The number of aromatic nitrogens is 1. The van der Waals surface area contributed by atoms with Gasteiger partial charge in [0.1, 0.15) is 5.75 Å². The van der Waals surface area contributed by atoms with Gasteiger partial charge in [-0.15, -0.1) is 0 Å². The van der Waals surface area contributed by atoms with Crippen molar-refractivity contribution >= 4 is 17.3 Å². The van der Waals surface area contributed by atoms with Gasteiger partial charge < -0.3 is 9.64 Å². The van der Waals surface area contributed by atoms with E-state index in [9.17, 15) is 0 Å². The molecule has 1 aromatic carbocycles. The van der Waals surface area contributed by atoms with Gasteiger partial charge in [0, 0.05) is 44.1 Å². The maximum absolute atomic E-state index is 6.24. The van der Waals surface area contributed by atoms with E-state index in [4.69, 9.17) is 16.3 Å². The molecule has 122 valence electrons. The minimum atomic E-state index is 0.345. The number of methoxy groups -OCH3 is 1. The van der Waals surface area contributed by atoms with Gasteiger partial charge in [0.25, 0.3) is 0 Å². The van der Waals surface area contributed by atoms with Crippen molar-refractivity contribution < 1.29 is 4.74 Å². The lowest BCUT2D eigenvalue weighted by Gasteiger charge is -2.39. The summed E-state index contributed by atoms with van der Waals surface area (Å²) in [6.45, 7) is 6.23. The molecule has 5 heteroatoms. The van der Waals surface area contributed by atoms with E-state index >= 15 is 0 Å². The fourth-order valence-corrected chi connectivity index (χ4v) is 3.28. The summed E-state index contributed by atoms with van der Waals surface area (Å²) in [6, 6.07) is 12.4. The summed E-state index contributed by atoms with van der Waals surface area (Å²) >= 11 is 6.24. The summed E-state index contributed by atoms with van der Waals surface area (Å²) in [7, 11) is 1.64. The Kier molecular flexibility index (Phi) is 5.03. The number of halogens is 1. The van der Waals surface area contributed by atoms with Crippen LogP contribution in [0.3, 0.4) is 0 Å². The molecule has 0 radical (unpaired) electrons. The Morgan fingerprint density at radius 1 is 1.13 bits per heavy atom. The van der Waals surface area contributed by atoms with E-state index in [1.807, 2.05) is 24.4 Å². The lowest BCUT2D eigenvalue weighted by atomic mass is 10.1. The van der Waals surface area contributed by atoms with Crippen molar-refractivity contribution in [2.45, 2.75) is 13.0 Å². The highest BCUT2D eigenvalue weighted by Gasteiger charge is 2.23. The van der Waals surface area contributed by atoms with Crippen LogP contribution in [0.1, 0.15) is 18.7 Å². The van der Waals surface area contributed by atoms with Crippen LogP contribution in [0.5, 0.6) is 5.75 Å². The molecule has 1 aliphatic heterocycles. The fourth-order valence-electron chi connectivity index (χ4n) is 3.03.